The lowest BCUT2D eigenvalue weighted by atomic mass is 10.1. The number of hydrogen-bond acceptors (Lipinski definition) is 3. The van der Waals surface area contributed by atoms with Crippen molar-refractivity contribution in [2.75, 3.05) is 0 Å². The second-order valence-corrected chi connectivity index (χ2v) is 5.77. The number of aryl methyl sites for hydroxylation is 1. The van der Waals surface area contributed by atoms with Crippen molar-refractivity contribution >= 4 is 29.1 Å². The molecule has 0 aliphatic rings. The summed E-state index contributed by atoms with van der Waals surface area (Å²) in [6.45, 7) is 8.59. The molecule has 0 aliphatic heterocycles. The number of thiophene rings is 1. The van der Waals surface area contributed by atoms with Crippen molar-refractivity contribution in [3.05, 3.63) is 76.1 Å². The second-order valence-electron chi connectivity index (χ2n) is 4.99. The van der Waals surface area contributed by atoms with Gasteiger partial charge in [0.1, 0.15) is 0 Å². The normalized spacial score (nSPS) is 10.3. The molecule has 2 rings (SSSR count). The lowest BCUT2D eigenvalue weighted by molar-refractivity contribution is -0.118. The summed E-state index contributed by atoms with van der Waals surface area (Å²) in [7, 11) is 0. The first-order chi connectivity index (χ1) is 10.9. The summed E-state index contributed by atoms with van der Waals surface area (Å²) >= 11 is 1.55. The molecule has 4 heteroatoms. The van der Waals surface area contributed by atoms with Gasteiger partial charge in [0.15, 0.2) is 5.78 Å². The van der Waals surface area contributed by atoms with E-state index in [-0.39, 0.29) is 11.7 Å². The summed E-state index contributed by atoms with van der Waals surface area (Å²) in [4.78, 5) is 22.3. The van der Waals surface area contributed by atoms with Crippen LogP contribution in [0, 0.1) is 6.92 Å². The number of ketones is 1. The summed E-state index contributed by atoms with van der Waals surface area (Å²) in [5, 5.41) is 6.36. The van der Waals surface area contributed by atoms with E-state index in [0.29, 0.717) is 11.3 Å². The van der Waals surface area contributed by atoms with E-state index in [0.717, 1.165) is 5.56 Å². The van der Waals surface area contributed by atoms with Crippen molar-refractivity contribution in [3.8, 4) is 0 Å². The fourth-order valence-electron chi connectivity index (χ4n) is 1.74. The Kier molecular flexibility index (Phi) is 7.71. The maximum Gasteiger partial charge on any atom is 0.221 e. The Labute approximate surface area is 141 Å². The topological polar surface area (TPSA) is 46.2 Å². The quantitative estimate of drug-likeness (QED) is 0.670. The number of nitrogens with one attached hydrogen (secondary N) is 1. The van der Waals surface area contributed by atoms with Gasteiger partial charge in [0.2, 0.25) is 5.91 Å². The molecule has 0 spiro atoms. The van der Waals surface area contributed by atoms with E-state index in [1.54, 1.807) is 17.4 Å². The number of benzene rings is 1. The van der Waals surface area contributed by atoms with Crippen LogP contribution in [0.4, 0.5) is 0 Å². The Hall–Kier alpha value is -2.46. The molecule has 3 nitrogen and oxygen atoms in total. The highest BCUT2D eigenvalue weighted by molar-refractivity contribution is 7.08. The standard InChI is InChI=1S/C12H13NO2S.C7H8/c1-8(13-10(3)15)12(9(2)14)6-11-4-5-16-7-11;1-7-5-3-2-4-6-7/h4-7H,1H2,2-3H3,(H,13,15);2-6H,1H3/b12-6+;. The third-order valence-electron chi connectivity index (χ3n) is 2.83. The number of hydrogen-bond donors (Lipinski definition) is 1. The summed E-state index contributed by atoms with van der Waals surface area (Å²) < 4.78 is 0. The summed E-state index contributed by atoms with van der Waals surface area (Å²) in [5.74, 6) is -0.354. The Morgan fingerprint density at radius 1 is 1.13 bits per heavy atom. The minimum absolute atomic E-state index is 0.120. The Morgan fingerprint density at radius 3 is 2.17 bits per heavy atom. The van der Waals surface area contributed by atoms with Crippen LogP contribution in [-0.2, 0) is 9.59 Å². The average molecular weight is 327 g/mol. The van der Waals surface area contributed by atoms with E-state index in [4.69, 9.17) is 0 Å². The van der Waals surface area contributed by atoms with Crippen LogP contribution in [0.25, 0.3) is 6.08 Å². The van der Waals surface area contributed by atoms with E-state index in [1.807, 2.05) is 35.0 Å². The van der Waals surface area contributed by atoms with Crippen LogP contribution in [0.1, 0.15) is 25.0 Å². The smallest absolute Gasteiger partial charge is 0.221 e. The second kappa shape index (κ2) is 9.54. The summed E-state index contributed by atoms with van der Waals surface area (Å²) in [5.41, 5.74) is 3.02. The molecule has 1 amide bonds. The van der Waals surface area contributed by atoms with E-state index in [2.05, 4.69) is 31.0 Å². The summed E-state index contributed by atoms with van der Waals surface area (Å²) in [6.07, 6.45) is 1.72. The zero-order chi connectivity index (χ0) is 17.2. The minimum atomic E-state index is -0.234. The van der Waals surface area contributed by atoms with Gasteiger partial charge in [-0.2, -0.15) is 11.3 Å². The van der Waals surface area contributed by atoms with Crippen LogP contribution in [-0.4, -0.2) is 11.7 Å². The molecule has 0 saturated carbocycles. The van der Waals surface area contributed by atoms with Crippen molar-refractivity contribution in [2.24, 2.45) is 0 Å². The number of rotatable bonds is 4. The van der Waals surface area contributed by atoms with Crippen LogP contribution in [0.2, 0.25) is 0 Å². The summed E-state index contributed by atoms with van der Waals surface area (Å²) in [6, 6.07) is 12.2. The fraction of sp³-hybridized carbons (Fsp3) is 0.158. The molecule has 1 aromatic heterocycles. The number of amides is 1. The number of allylic oxidation sites excluding steroid dienone is 1. The van der Waals surface area contributed by atoms with Crippen LogP contribution >= 0.6 is 11.3 Å². The van der Waals surface area contributed by atoms with Gasteiger partial charge in [-0.05, 0) is 42.3 Å². The molecule has 0 atom stereocenters. The van der Waals surface area contributed by atoms with E-state index in [9.17, 15) is 9.59 Å². The molecular formula is C19H21NO2S. The highest BCUT2D eigenvalue weighted by Gasteiger charge is 2.09. The zero-order valence-corrected chi connectivity index (χ0v) is 14.4. The third-order valence-corrected chi connectivity index (χ3v) is 3.53. The van der Waals surface area contributed by atoms with Gasteiger partial charge in [-0.1, -0.05) is 42.5 Å². The fourth-order valence-corrected chi connectivity index (χ4v) is 2.36. The van der Waals surface area contributed by atoms with Crippen molar-refractivity contribution < 1.29 is 9.59 Å². The molecule has 0 saturated heterocycles. The zero-order valence-electron chi connectivity index (χ0n) is 13.6. The highest BCUT2D eigenvalue weighted by Crippen LogP contribution is 2.15. The lowest BCUT2D eigenvalue weighted by Crippen LogP contribution is -2.21. The maximum absolute atomic E-state index is 11.4. The highest BCUT2D eigenvalue weighted by atomic mass is 32.1. The van der Waals surface area contributed by atoms with Crippen molar-refractivity contribution in [2.45, 2.75) is 20.8 Å². The first kappa shape index (κ1) is 18.6. The molecule has 1 aromatic carbocycles. The predicted octanol–water partition coefficient (Wildman–Crippen LogP) is 4.37. The van der Waals surface area contributed by atoms with Crippen molar-refractivity contribution in [1.29, 1.82) is 0 Å². The van der Waals surface area contributed by atoms with E-state index < -0.39 is 0 Å². The van der Waals surface area contributed by atoms with Gasteiger partial charge in [-0.3, -0.25) is 9.59 Å². The molecule has 0 unspecified atom stereocenters. The molecule has 0 radical (unpaired) electrons. The molecular weight excluding hydrogens is 306 g/mol. The van der Waals surface area contributed by atoms with Crippen molar-refractivity contribution in [1.82, 2.24) is 5.32 Å². The Morgan fingerprint density at radius 2 is 1.78 bits per heavy atom. The van der Waals surface area contributed by atoms with Gasteiger partial charge < -0.3 is 5.32 Å². The van der Waals surface area contributed by atoms with E-state index >= 15 is 0 Å². The Bertz CT molecular complexity index is 685. The van der Waals surface area contributed by atoms with Gasteiger partial charge in [-0.15, -0.1) is 0 Å². The average Bonchev–Trinajstić information content (AvgIpc) is 2.98. The van der Waals surface area contributed by atoms with Gasteiger partial charge in [0, 0.05) is 18.2 Å². The molecule has 0 fully saturated rings. The van der Waals surface area contributed by atoms with Crippen LogP contribution in [0.3, 0.4) is 0 Å². The van der Waals surface area contributed by atoms with Gasteiger partial charge in [-0.25, -0.2) is 0 Å². The van der Waals surface area contributed by atoms with Crippen LogP contribution < -0.4 is 5.32 Å². The molecule has 120 valence electrons. The first-order valence-electron chi connectivity index (χ1n) is 7.13. The van der Waals surface area contributed by atoms with Gasteiger partial charge >= 0.3 is 0 Å². The number of Topliss-reactive ketones (excluding diaryl/α,β-unsaturated/α-hetero) is 1. The van der Waals surface area contributed by atoms with Gasteiger partial charge in [0.25, 0.3) is 0 Å². The number of carbonyl (C=O) groups excluding carboxylic acids is 2. The van der Waals surface area contributed by atoms with Gasteiger partial charge in [0.05, 0.1) is 0 Å². The maximum atomic E-state index is 11.4. The van der Waals surface area contributed by atoms with E-state index in [1.165, 1.54) is 19.4 Å². The molecule has 2 aromatic rings. The molecule has 1 heterocycles. The first-order valence-corrected chi connectivity index (χ1v) is 8.07. The Balaban J connectivity index is 0.000000313. The lowest BCUT2D eigenvalue weighted by Gasteiger charge is -2.07. The molecule has 23 heavy (non-hydrogen) atoms. The minimum Gasteiger partial charge on any atom is -0.326 e. The SMILES string of the molecule is C=C(NC(C)=O)/C(=C\c1ccsc1)C(C)=O.Cc1ccccc1. The molecule has 0 aliphatic carbocycles. The molecule has 0 bridgehead atoms. The van der Waals surface area contributed by atoms with Crippen molar-refractivity contribution in [3.63, 3.8) is 0 Å². The van der Waals surface area contributed by atoms with Crippen LogP contribution in [0.15, 0.2) is 65.0 Å². The largest absolute Gasteiger partial charge is 0.326 e. The predicted molar refractivity (Wildman–Crippen MR) is 97.1 cm³/mol. The monoisotopic (exact) mass is 327 g/mol. The third kappa shape index (κ3) is 7.38. The number of carbonyl (C=O) groups is 2. The van der Waals surface area contributed by atoms with Crippen LogP contribution in [0.5, 0.6) is 0 Å². The molecule has 1 N–H and O–H groups in total.